The van der Waals surface area contributed by atoms with Gasteiger partial charge in [0.2, 0.25) is 0 Å². The molecular formula is C23H33N3O4. The molecule has 0 aromatic heterocycles. The van der Waals surface area contributed by atoms with Crippen molar-refractivity contribution in [3.05, 3.63) is 35.9 Å². The largest absolute Gasteiger partial charge is 0.445 e. The van der Waals surface area contributed by atoms with Crippen LogP contribution in [0.1, 0.15) is 52.0 Å². The molecule has 7 heteroatoms. The first-order valence-corrected chi connectivity index (χ1v) is 11.0. The van der Waals surface area contributed by atoms with Gasteiger partial charge in [0.25, 0.3) is 5.91 Å². The summed E-state index contributed by atoms with van der Waals surface area (Å²) in [7, 11) is 0. The molecule has 0 radical (unpaired) electrons. The van der Waals surface area contributed by atoms with Gasteiger partial charge in [-0.15, -0.1) is 0 Å². The Morgan fingerprint density at radius 2 is 1.80 bits per heavy atom. The van der Waals surface area contributed by atoms with Crippen molar-refractivity contribution in [3.63, 3.8) is 0 Å². The SMILES string of the molecule is CCCCN1C(=O)N(CC(C)C)C(=O)C12CCN(C(=O)OCc1ccccc1)CC2. The second-order valence-electron chi connectivity index (χ2n) is 8.66. The third-order valence-electron chi connectivity index (χ3n) is 5.96. The molecule has 7 nitrogen and oxygen atoms in total. The molecule has 0 aliphatic carbocycles. The van der Waals surface area contributed by atoms with Gasteiger partial charge < -0.3 is 14.5 Å². The molecule has 0 saturated carbocycles. The number of urea groups is 1. The van der Waals surface area contributed by atoms with Gasteiger partial charge in [-0.05, 0) is 30.7 Å². The number of benzene rings is 1. The maximum absolute atomic E-state index is 13.3. The van der Waals surface area contributed by atoms with E-state index >= 15 is 0 Å². The Balaban J connectivity index is 1.66. The average molecular weight is 416 g/mol. The van der Waals surface area contributed by atoms with Gasteiger partial charge in [0.1, 0.15) is 12.1 Å². The van der Waals surface area contributed by atoms with E-state index in [1.807, 2.05) is 44.2 Å². The molecule has 2 aliphatic heterocycles. The van der Waals surface area contributed by atoms with Gasteiger partial charge in [-0.2, -0.15) is 0 Å². The van der Waals surface area contributed by atoms with Gasteiger partial charge in [-0.25, -0.2) is 9.59 Å². The lowest BCUT2D eigenvalue weighted by Gasteiger charge is -2.41. The summed E-state index contributed by atoms with van der Waals surface area (Å²) in [5.41, 5.74) is 0.114. The van der Waals surface area contributed by atoms with Gasteiger partial charge in [0, 0.05) is 26.2 Å². The number of piperidine rings is 1. The number of hydrogen-bond acceptors (Lipinski definition) is 4. The highest BCUT2D eigenvalue weighted by Gasteiger charge is 2.57. The van der Waals surface area contributed by atoms with Crippen LogP contribution in [0.25, 0.3) is 0 Å². The Labute approximate surface area is 179 Å². The first kappa shape index (κ1) is 22.1. The molecular weight excluding hydrogens is 382 g/mol. The summed E-state index contributed by atoms with van der Waals surface area (Å²) in [4.78, 5) is 43.7. The molecule has 0 N–H and O–H groups in total. The van der Waals surface area contributed by atoms with Gasteiger partial charge >= 0.3 is 12.1 Å². The minimum absolute atomic E-state index is 0.102. The molecule has 2 fully saturated rings. The fraction of sp³-hybridized carbons (Fsp3) is 0.609. The predicted molar refractivity (Wildman–Crippen MR) is 114 cm³/mol. The van der Waals surface area contributed by atoms with Crippen LogP contribution >= 0.6 is 0 Å². The minimum Gasteiger partial charge on any atom is -0.445 e. The maximum atomic E-state index is 13.3. The zero-order valence-corrected chi connectivity index (χ0v) is 18.3. The molecule has 1 spiro atoms. The Morgan fingerprint density at radius 3 is 2.40 bits per heavy atom. The number of unbranched alkanes of at least 4 members (excludes halogenated alkanes) is 1. The third-order valence-corrected chi connectivity index (χ3v) is 5.96. The molecule has 2 heterocycles. The highest BCUT2D eigenvalue weighted by Crippen LogP contribution is 2.38. The van der Waals surface area contributed by atoms with Crippen LogP contribution in [0.4, 0.5) is 9.59 Å². The molecule has 164 valence electrons. The minimum atomic E-state index is -0.822. The summed E-state index contributed by atoms with van der Waals surface area (Å²) >= 11 is 0. The van der Waals surface area contributed by atoms with Crippen molar-refractivity contribution in [2.24, 2.45) is 5.92 Å². The normalized spacial score (nSPS) is 18.6. The lowest BCUT2D eigenvalue weighted by molar-refractivity contribution is -0.135. The quantitative estimate of drug-likeness (QED) is 0.634. The van der Waals surface area contributed by atoms with E-state index in [2.05, 4.69) is 6.92 Å². The molecule has 1 aromatic carbocycles. The first-order chi connectivity index (χ1) is 14.4. The standard InChI is InChI=1S/C23H33N3O4/c1-4-5-13-26-21(28)25(16-18(2)3)20(27)23(26)11-14-24(15-12-23)22(29)30-17-19-9-7-6-8-10-19/h6-10,18H,4-5,11-17H2,1-3H3. The van der Waals surface area contributed by atoms with Crippen molar-refractivity contribution in [1.29, 1.82) is 0 Å². The summed E-state index contributed by atoms with van der Waals surface area (Å²) < 4.78 is 5.44. The van der Waals surface area contributed by atoms with E-state index in [0.717, 1.165) is 18.4 Å². The zero-order chi connectivity index (χ0) is 21.7. The summed E-state index contributed by atoms with van der Waals surface area (Å²) in [6, 6.07) is 9.38. The van der Waals surface area contributed by atoms with Crippen LogP contribution in [0.15, 0.2) is 30.3 Å². The van der Waals surface area contributed by atoms with Crippen LogP contribution in [0.2, 0.25) is 0 Å². The van der Waals surface area contributed by atoms with E-state index in [1.54, 1.807) is 9.80 Å². The number of amides is 4. The molecule has 2 aliphatic rings. The van der Waals surface area contributed by atoms with Crippen molar-refractivity contribution < 1.29 is 19.1 Å². The molecule has 0 bridgehead atoms. The number of hydrogen-bond donors (Lipinski definition) is 0. The van der Waals surface area contributed by atoms with E-state index in [1.165, 1.54) is 4.90 Å². The molecule has 0 atom stereocenters. The van der Waals surface area contributed by atoms with E-state index in [4.69, 9.17) is 4.74 Å². The lowest BCUT2D eigenvalue weighted by Crippen LogP contribution is -2.57. The van der Waals surface area contributed by atoms with Gasteiger partial charge in [-0.1, -0.05) is 57.5 Å². The van der Waals surface area contributed by atoms with Gasteiger partial charge in [0.05, 0.1) is 0 Å². The van der Waals surface area contributed by atoms with Crippen molar-refractivity contribution in [2.45, 2.75) is 58.6 Å². The summed E-state index contributed by atoms with van der Waals surface area (Å²) in [6.07, 6.45) is 2.35. The number of carbonyl (C=O) groups excluding carboxylic acids is 3. The van der Waals surface area contributed by atoms with Crippen molar-refractivity contribution in [1.82, 2.24) is 14.7 Å². The van der Waals surface area contributed by atoms with Crippen molar-refractivity contribution >= 4 is 18.0 Å². The number of imide groups is 1. The number of carbonyl (C=O) groups is 3. The van der Waals surface area contributed by atoms with E-state index < -0.39 is 5.54 Å². The highest BCUT2D eigenvalue weighted by molar-refractivity contribution is 6.07. The third kappa shape index (κ3) is 4.45. The van der Waals surface area contributed by atoms with Crippen molar-refractivity contribution in [2.75, 3.05) is 26.2 Å². The number of rotatable bonds is 7. The fourth-order valence-electron chi connectivity index (χ4n) is 4.29. The van der Waals surface area contributed by atoms with Crippen LogP contribution in [0.5, 0.6) is 0 Å². The molecule has 3 rings (SSSR count). The second-order valence-corrected chi connectivity index (χ2v) is 8.66. The molecule has 30 heavy (non-hydrogen) atoms. The lowest BCUT2D eigenvalue weighted by atomic mass is 9.85. The predicted octanol–water partition coefficient (Wildman–Crippen LogP) is 3.88. The molecule has 4 amide bonds. The number of nitrogens with zero attached hydrogens (tertiary/aromatic N) is 3. The summed E-state index contributed by atoms with van der Waals surface area (Å²) in [5.74, 6) is 0.115. The number of likely N-dealkylation sites (tertiary alicyclic amines) is 1. The smallest absolute Gasteiger partial charge is 0.410 e. The maximum Gasteiger partial charge on any atom is 0.410 e. The van der Waals surface area contributed by atoms with Gasteiger partial charge in [0.15, 0.2) is 0 Å². The molecule has 0 unspecified atom stereocenters. The monoisotopic (exact) mass is 415 g/mol. The van der Waals surface area contributed by atoms with Crippen LogP contribution < -0.4 is 0 Å². The van der Waals surface area contributed by atoms with E-state index in [0.29, 0.717) is 39.0 Å². The zero-order valence-electron chi connectivity index (χ0n) is 18.3. The Bertz CT molecular complexity index is 757. The Kier molecular flexibility index (Phi) is 7.00. The summed E-state index contributed by atoms with van der Waals surface area (Å²) in [5, 5.41) is 0. The van der Waals surface area contributed by atoms with Gasteiger partial charge in [-0.3, -0.25) is 9.69 Å². The van der Waals surface area contributed by atoms with E-state index in [-0.39, 0.29) is 30.6 Å². The average Bonchev–Trinajstić information content (AvgIpc) is 2.93. The van der Waals surface area contributed by atoms with Crippen molar-refractivity contribution in [3.8, 4) is 0 Å². The van der Waals surface area contributed by atoms with Crippen LogP contribution in [0, 0.1) is 5.92 Å². The Hall–Kier alpha value is -2.57. The van der Waals surface area contributed by atoms with Crippen LogP contribution in [-0.2, 0) is 16.1 Å². The first-order valence-electron chi connectivity index (χ1n) is 11.0. The topological polar surface area (TPSA) is 70.2 Å². The van der Waals surface area contributed by atoms with Crippen LogP contribution in [-0.4, -0.2) is 64.4 Å². The molecule has 1 aromatic rings. The number of ether oxygens (including phenoxy) is 1. The second kappa shape index (κ2) is 9.49. The summed E-state index contributed by atoms with van der Waals surface area (Å²) in [6.45, 7) is 8.14. The molecule has 2 saturated heterocycles. The highest BCUT2D eigenvalue weighted by atomic mass is 16.6. The van der Waals surface area contributed by atoms with Crippen LogP contribution in [0.3, 0.4) is 0 Å². The van der Waals surface area contributed by atoms with E-state index in [9.17, 15) is 14.4 Å². The Morgan fingerprint density at radius 1 is 1.13 bits per heavy atom. The fourth-order valence-corrected chi connectivity index (χ4v) is 4.29.